The number of esters is 1. The lowest BCUT2D eigenvalue weighted by Gasteiger charge is -2.26. The standard InChI is InChI=1S/C33H29BrFIN2O5S/c1-5-41-32(40)28-19(4)37-33-38(29(28)23-8-6-7-9-26(23)43-18(2)3)31(39)27(44-33)16-21-14-24(34)30(25(36)15-21)42-17-20-10-12-22(35)13-11-20/h6-16,18,29H,5,17H2,1-4H3/b27-16+/t29-/m1/s1. The molecule has 0 N–H and O–H groups in total. The molecule has 4 aromatic rings. The van der Waals surface area contributed by atoms with Gasteiger partial charge in [0.05, 0.1) is 36.6 Å². The summed E-state index contributed by atoms with van der Waals surface area (Å²) >= 11 is 7.04. The molecular weight excluding hydrogens is 762 g/mol. The van der Waals surface area contributed by atoms with Crippen molar-refractivity contribution in [2.45, 2.75) is 46.4 Å². The molecule has 44 heavy (non-hydrogen) atoms. The summed E-state index contributed by atoms with van der Waals surface area (Å²) < 4.78 is 34.4. The molecule has 0 saturated carbocycles. The highest BCUT2D eigenvalue weighted by molar-refractivity contribution is 14.1. The molecule has 1 aromatic heterocycles. The van der Waals surface area contributed by atoms with Crippen LogP contribution in [0.25, 0.3) is 6.08 Å². The normalized spacial score (nSPS) is 14.8. The molecule has 0 fully saturated rings. The van der Waals surface area contributed by atoms with Crippen LogP contribution >= 0.6 is 49.9 Å². The predicted octanol–water partition coefficient (Wildman–Crippen LogP) is 6.67. The third-order valence-corrected chi connectivity index (χ3v) is 9.08. The third kappa shape index (κ3) is 6.84. The third-order valence-electron chi connectivity index (χ3n) is 6.71. The molecule has 0 amide bonds. The highest BCUT2D eigenvalue weighted by Crippen LogP contribution is 2.36. The van der Waals surface area contributed by atoms with Gasteiger partial charge in [0, 0.05) is 5.56 Å². The zero-order chi connectivity index (χ0) is 31.5. The summed E-state index contributed by atoms with van der Waals surface area (Å²) in [5.74, 6) is 0.395. The lowest BCUT2D eigenvalue weighted by molar-refractivity contribution is -0.139. The van der Waals surface area contributed by atoms with Gasteiger partial charge in [0.2, 0.25) is 0 Å². The summed E-state index contributed by atoms with van der Waals surface area (Å²) in [6.07, 6.45) is 1.68. The van der Waals surface area contributed by atoms with Crippen LogP contribution in [0.4, 0.5) is 4.39 Å². The molecule has 1 aliphatic heterocycles. The van der Waals surface area contributed by atoms with E-state index in [0.717, 1.165) is 14.7 Å². The molecular formula is C33H29BrFIN2O5S. The van der Waals surface area contributed by atoms with E-state index in [1.54, 1.807) is 36.6 Å². The molecule has 1 atom stereocenters. The second-order valence-corrected chi connectivity index (χ2v) is 13.3. The number of benzene rings is 3. The van der Waals surface area contributed by atoms with Gasteiger partial charge in [0.25, 0.3) is 5.56 Å². The van der Waals surface area contributed by atoms with Gasteiger partial charge < -0.3 is 14.2 Å². The summed E-state index contributed by atoms with van der Waals surface area (Å²) in [5.41, 5.74) is 2.79. The van der Waals surface area contributed by atoms with Gasteiger partial charge >= 0.3 is 5.97 Å². The van der Waals surface area contributed by atoms with Gasteiger partial charge in [-0.15, -0.1) is 0 Å². The quantitative estimate of drug-likeness (QED) is 0.140. The first-order valence-corrected chi connectivity index (χ1v) is 16.6. The topological polar surface area (TPSA) is 79.1 Å². The molecule has 7 nitrogen and oxygen atoms in total. The van der Waals surface area contributed by atoms with Crippen LogP contribution in [0.15, 0.2) is 86.2 Å². The molecule has 5 rings (SSSR count). The summed E-state index contributed by atoms with van der Waals surface area (Å²) in [5, 5.41) is 0. The molecule has 0 bridgehead atoms. The summed E-state index contributed by atoms with van der Waals surface area (Å²) in [6, 6.07) is 16.6. The van der Waals surface area contributed by atoms with E-state index >= 15 is 0 Å². The number of carbonyl (C=O) groups excluding carboxylic acids is 1. The average molecular weight is 791 g/mol. The van der Waals surface area contributed by atoms with E-state index in [0.29, 0.717) is 42.1 Å². The zero-order valence-corrected chi connectivity index (χ0v) is 29.0. The van der Waals surface area contributed by atoms with Crippen molar-refractivity contribution < 1.29 is 23.4 Å². The van der Waals surface area contributed by atoms with Gasteiger partial charge in [-0.3, -0.25) is 9.36 Å². The Hall–Kier alpha value is -3.29. The van der Waals surface area contributed by atoms with E-state index in [1.165, 1.54) is 23.5 Å². The molecule has 228 valence electrons. The first-order chi connectivity index (χ1) is 21.1. The predicted molar refractivity (Wildman–Crippen MR) is 180 cm³/mol. The smallest absolute Gasteiger partial charge is 0.338 e. The van der Waals surface area contributed by atoms with E-state index in [2.05, 4.69) is 43.5 Å². The van der Waals surface area contributed by atoms with Crippen LogP contribution in [0.1, 0.15) is 50.4 Å². The monoisotopic (exact) mass is 790 g/mol. The van der Waals surface area contributed by atoms with Crippen LogP contribution in [0.5, 0.6) is 11.5 Å². The first-order valence-electron chi connectivity index (χ1n) is 13.9. The lowest BCUT2D eigenvalue weighted by atomic mass is 9.95. The Bertz CT molecular complexity index is 1910. The van der Waals surface area contributed by atoms with Gasteiger partial charge in [-0.25, -0.2) is 14.2 Å². The number of hydrogen-bond acceptors (Lipinski definition) is 7. The van der Waals surface area contributed by atoms with Gasteiger partial charge in [0.1, 0.15) is 30.0 Å². The number of nitrogens with zero attached hydrogens (tertiary/aromatic N) is 2. The Morgan fingerprint density at radius 3 is 2.59 bits per heavy atom. The molecule has 11 heteroatoms. The van der Waals surface area contributed by atoms with Gasteiger partial charge in [-0.2, -0.15) is 0 Å². The zero-order valence-electron chi connectivity index (χ0n) is 24.4. The molecule has 0 spiro atoms. The number of aromatic nitrogens is 1. The van der Waals surface area contributed by atoms with Crippen LogP contribution in [0.2, 0.25) is 0 Å². The Balaban J connectivity index is 1.58. The minimum absolute atomic E-state index is 0.119. The van der Waals surface area contributed by atoms with Crippen molar-refractivity contribution in [2.75, 3.05) is 6.61 Å². The number of fused-ring (bicyclic) bond motifs is 1. The maximum absolute atomic E-state index is 14.1. The number of allylic oxidation sites excluding steroid dienone is 1. The van der Waals surface area contributed by atoms with Crippen molar-refractivity contribution in [3.8, 4) is 11.5 Å². The molecule has 0 radical (unpaired) electrons. The van der Waals surface area contributed by atoms with Crippen molar-refractivity contribution >= 4 is 61.9 Å². The van der Waals surface area contributed by atoms with E-state index in [9.17, 15) is 14.0 Å². The molecule has 1 aliphatic rings. The largest absolute Gasteiger partial charge is 0.491 e. The fraction of sp³-hybridized carbons (Fsp3) is 0.242. The van der Waals surface area contributed by atoms with Crippen molar-refractivity contribution in [1.29, 1.82) is 0 Å². The maximum atomic E-state index is 14.1. The number of carbonyl (C=O) groups is 1. The highest BCUT2D eigenvalue weighted by Gasteiger charge is 2.35. The Morgan fingerprint density at radius 1 is 1.18 bits per heavy atom. The molecule has 3 aromatic carbocycles. The SMILES string of the molecule is CCOC(=O)C1=C(C)N=c2s/c(=C/c3cc(Br)c(OCc4ccc(F)cc4)c(I)c3)c(=O)n2[C@@H]1c1ccccc1OC(C)C. The van der Waals surface area contributed by atoms with Crippen LogP contribution in [0.3, 0.4) is 0 Å². The molecule has 0 unspecified atom stereocenters. The number of halogens is 3. The van der Waals surface area contributed by atoms with Crippen molar-refractivity contribution in [3.63, 3.8) is 0 Å². The molecule has 0 saturated heterocycles. The Labute approximate surface area is 280 Å². The number of rotatable bonds is 9. The number of ether oxygens (including phenoxy) is 3. The average Bonchev–Trinajstić information content (AvgIpc) is 3.26. The minimum atomic E-state index is -0.781. The lowest BCUT2D eigenvalue weighted by Crippen LogP contribution is -2.40. The molecule has 0 aliphatic carbocycles. The Morgan fingerprint density at radius 2 is 1.91 bits per heavy atom. The fourth-order valence-corrected chi connectivity index (χ4v) is 7.66. The number of para-hydroxylation sites is 1. The molecule has 2 heterocycles. The maximum Gasteiger partial charge on any atom is 0.338 e. The van der Waals surface area contributed by atoms with Gasteiger partial charge in [-0.1, -0.05) is 41.7 Å². The van der Waals surface area contributed by atoms with Crippen molar-refractivity contribution in [1.82, 2.24) is 4.57 Å². The first kappa shape index (κ1) is 32.1. The minimum Gasteiger partial charge on any atom is -0.491 e. The van der Waals surface area contributed by atoms with Crippen molar-refractivity contribution in [2.24, 2.45) is 4.99 Å². The summed E-state index contributed by atoms with van der Waals surface area (Å²) in [6.45, 7) is 7.81. The van der Waals surface area contributed by atoms with Crippen LogP contribution in [-0.4, -0.2) is 23.2 Å². The van der Waals surface area contributed by atoms with Crippen molar-refractivity contribution in [3.05, 3.63) is 122 Å². The fourth-order valence-electron chi connectivity index (χ4n) is 4.84. The number of hydrogen-bond donors (Lipinski definition) is 0. The van der Waals surface area contributed by atoms with E-state index in [-0.39, 0.29) is 30.7 Å². The highest BCUT2D eigenvalue weighted by atomic mass is 127. The van der Waals surface area contributed by atoms with Crippen LogP contribution in [-0.2, 0) is 16.1 Å². The summed E-state index contributed by atoms with van der Waals surface area (Å²) in [4.78, 5) is 32.5. The van der Waals surface area contributed by atoms with Crippen LogP contribution < -0.4 is 24.4 Å². The number of thiazole rings is 1. The van der Waals surface area contributed by atoms with Gasteiger partial charge in [-0.05, 0) is 114 Å². The second kappa shape index (κ2) is 13.8. The van der Waals surface area contributed by atoms with Crippen LogP contribution in [0, 0.1) is 9.39 Å². The van der Waals surface area contributed by atoms with E-state index in [1.807, 2.05) is 50.2 Å². The van der Waals surface area contributed by atoms with E-state index in [4.69, 9.17) is 14.2 Å². The summed E-state index contributed by atoms with van der Waals surface area (Å²) in [7, 11) is 0. The second-order valence-electron chi connectivity index (χ2n) is 10.2. The Kier molecular flexibility index (Phi) is 10.1. The van der Waals surface area contributed by atoms with E-state index < -0.39 is 12.0 Å². The van der Waals surface area contributed by atoms with Gasteiger partial charge in [0.15, 0.2) is 4.80 Å².